The Morgan fingerprint density at radius 2 is 2.00 bits per heavy atom. The maximum atomic E-state index is 12.1. The summed E-state index contributed by atoms with van der Waals surface area (Å²) in [6.07, 6.45) is 0. The first kappa shape index (κ1) is 16.3. The number of carbonyl (C=O) groups excluding carboxylic acids is 1. The maximum absolute atomic E-state index is 12.1. The van der Waals surface area contributed by atoms with Crippen molar-refractivity contribution in [1.29, 1.82) is 0 Å². The quantitative estimate of drug-likeness (QED) is 0.868. The van der Waals surface area contributed by atoms with E-state index in [-0.39, 0.29) is 11.3 Å². The summed E-state index contributed by atoms with van der Waals surface area (Å²) in [5.74, 6) is 1.01. The number of rotatable bonds is 5. The smallest absolute Gasteiger partial charge is 0.241 e. The van der Waals surface area contributed by atoms with Crippen LogP contribution in [0.4, 0.5) is 5.69 Å². The fourth-order valence-corrected chi connectivity index (χ4v) is 1.64. The summed E-state index contributed by atoms with van der Waals surface area (Å²) in [5.41, 5.74) is 6.27. The van der Waals surface area contributed by atoms with Gasteiger partial charge in [0.05, 0.1) is 19.8 Å². The highest BCUT2D eigenvalue weighted by Gasteiger charge is 2.27. The molecule has 1 rings (SSSR count). The Morgan fingerprint density at radius 3 is 2.50 bits per heavy atom. The molecule has 5 heteroatoms. The fourth-order valence-electron chi connectivity index (χ4n) is 1.64. The second-order valence-electron chi connectivity index (χ2n) is 5.63. The molecule has 0 unspecified atom stereocenters. The summed E-state index contributed by atoms with van der Waals surface area (Å²) in [7, 11) is 1.58. The highest BCUT2D eigenvalue weighted by molar-refractivity contribution is 5.95. The van der Waals surface area contributed by atoms with Crippen molar-refractivity contribution in [3.63, 3.8) is 0 Å². The van der Waals surface area contributed by atoms with Gasteiger partial charge in [0.15, 0.2) is 11.5 Å². The van der Waals surface area contributed by atoms with Gasteiger partial charge in [-0.15, -0.1) is 0 Å². The standard InChI is InChI=1S/C15H24N2O3/c1-6-20-12-9-10(7-8-11(12)19-5)17-14(18)13(16)15(2,3)4/h7-9,13H,6,16H2,1-5H3,(H,17,18)/t13-/m0/s1. The third-order valence-electron chi connectivity index (χ3n) is 2.95. The fraction of sp³-hybridized carbons (Fsp3) is 0.533. The second kappa shape index (κ2) is 6.61. The molecule has 0 aliphatic heterocycles. The molecule has 20 heavy (non-hydrogen) atoms. The Hall–Kier alpha value is -1.75. The molecule has 0 bridgehead atoms. The van der Waals surface area contributed by atoms with Crippen molar-refractivity contribution in [1.82, 2.24) is 0 Å². The number of hydrogen-bond acceptors (Lipinski definition) is 4. The van der Waals surface area contributed by atoms with Crippen molar-refractivity contribution in [2.75, 3.05) is 19.0 Å². The Bertz CT molecular complexity index is 467. The van der Waals surface area contributed by atoms with Crippen LogP contribution < -0.4 is 20.5 Å². The lowest BCUT2D eigenvalue weighted by atomic mass is 9.87. The normalized spacial score (nSPS) is 12.7. The first-order chi connectivity index (χ1) is 9.29. The summed E-state index contributed by atoms with van der Waals surface area (Å²) in [6.45, 7) is 8.19. The third kappa shape index (κ3) is 4.13. The van der Waals surface area contributed by atoms with Gasteiger partial charge in [0.1, 0.15) is 0 Å². The van der Waals surface area contributed by atoms with Crippen molar-refractivity contribution in [2.24, 2.45) is 11.1 Å². The molecule has 0 aliphatic carbocycles. The number of anilines is 1. The first-order valence-corrected chi connectivity index (χ1v) is 6.67. The Balaban J connectivity index is 2.88. The van der Waals surface area contributed by atoms with E-state index in [2.05, 4.69) is 5.32 Å². The number of carbonyl (C=O) groups is 1. The van der Waals surface area contributed by atoms with Crippen molar-refractivity contribution in [3.05, 3.63) is 18.2 Å². The molecule has 1 atom stereocenters. The van der Waals surface area contributed by atoms with Gasteiger partial charge in [0, 0.05) is 11.8 Å². The van der Waals surface area contributed by atoms with Gasteiger partial charge >= 0.3 is 0 Å². The average Bonchev–Trinajstić information content (AvgIpc) is 2.37. The molecule has 1 aromatic rings. The lowest BCUT2D eigenvalue weighted by Gasteiger charge is -2.25. The SMILES string of the molecule is CCOc1cc(NC(=O)[C@H](N)C(C)(C)C)ccc1OC. The van der Waals surface area contributed by atoms with E-state index in [9.17, 15) is 4.79 Å². The number of benzene rings is 1. The summed E-state index contributed by atoms with van der Waals surface area (Å²) < 4.78 is 10.7. The van der Waals surface area contributed by atoms with Crippen molar-refractivity contribution in [2.45, 2.75) is 33.7 Å². The number of methoxy groups -OCH3 is 1. The van der Waals surface area contributed by atoms with Crippen LogP contribution in [-0.2, 0) is 4.79 Å². The molecule has 1 aromatic carbocycles. The Labute approximate surface area is 120 Å². The second-order valence-corrected chi connectivity index (χ2v) is 5.63. The molecule has 0 heterocycles. The van der Waals surface area contributed by atoms with Gasteiger partial charge in [-0.05, 0) is 24.5 Å². The Kier molecular flexibility index (Phi) is 5.39. The summed E-state index contributed by atoms with van der Waals surface area (Å²) in [5, 5.41) is 2.80. The molecule has 0 aromatic heterocycles. The van der Waals surface area contributed by atoms with E-state index in [1.807, 2.05) is 27.7 Å². The molecule has 3 N–H and O–H groups in total. The highest BCUT2D eigenvalue weighted by Crippen LogP contribution is 2.30. The monoisotopic (exact) mass is 280 g/mol. The number of nitrogens with two attached hydrogens (primary N) is 1. The van der Waals surface area contributed by atoms with Gasteiger partial charge < -0.3 is 20.5 Å². The molecule has 0 fully saturated rings. The zero-order chi connectivity index (χ0) is 15.3. The largest absolute Gasteiger partial charge is 0.493 e. The number of amides is 1. The van der Waals surface area contributed by atoms with Gasteiger partial charge in [0.2, 0.25) is 5.91 Å². The van der Waals surface area contributed by atoms with E-state index in [1.165, 1.54) is 0 Å². The van der Waals surface area contributed by atoms with Crippen LogP contribution in [0.5, 0.6) is 11.5 Å². The molecule has 0 spiro atoms. The minimum atomic E-state index is -0.583. The van der Waals surface area contributed by atoms with Gasteiger partial charge in [-0.2, -0.15) is 0 Å². The lowest BCUT2D eigenvalue weighted by molar-refractivity contribution is -0.119. The third-order valence-corrected chi connectivity index (χ3v) is 2.95. The number of hydrogen-bond donors (Lipinski definition) is 2. The van der Waals surface area contributed by atoms with Crippen LogP contribution >= 0.6 is 0 Å². The minimum absolute atomic E-state index is 0.217. The molecule has 5 nitrogen and oxygen atoms in total. The van der Waals surface area contributed by atoms with E-state index in [0.717, 1.165) is 0 Å². The van der Waals surface area contributed by atoms with Crippen LogP contribution in [0.2, 0.25) is 0 Å². The first-order valence-electron chi connectivity index (χ1n) is 6.67. The molecule has 1 amide bonds. The van der Waals surface area contributed by atoms with E-state index >= 15 is 0 Å². The van der Waals surface area contributed by atoms with Crippen LogP contribution in [0.15, 0.2) is 18.2 Å². The number of nitrogens with one attached hydrogen (secondary N) is 1. The molecule has 0 saturated carbocycles. The highest BCUT2D eigenvalue weighted by atomic mass is 16.5. The maximum Gasteiger partial charge on any atom is 0.241 e. The van der Waals surface area contributed by atoms with Crippen LogP contribution in [0.25, 0.3) is 0 Å². The summed E-state index contributed by atoms with van der Waals surface area (Å²) in [6, 6.07) is 4.66. The van der Waals surface area contributed by atoms with E-state index in [0.29, 0.717) is 23.8 Å². The van der Waals surface area contributed by atoms with Crippen molar-refractivity contribution >= 4 is 11.6 Å². The molecular weight excluding hydrogens is 256 g/mol. The number of ether oxygens (including phenoxy) is 2. The van der Waals surface area contributed by atoms with Crippen LogP contribution in [0.3, 0.4) is 0 Å². The zero-order valence-electron chi connectivity index (χ0n) is 12.8. The van der Waals surface area contributed by atoms with Crippen molar-refractivity contribution in [3.8, 4) is 11.5 Å². The Morgan fingerprint density at radius 1 is 1.35 bits per heavy atom. The van der Waals surface area contributed by atoms with Crippen LogP contribution in [0.1, 0.15) is 27.7 Å². The summed E-state index contributed by atoms with van der Waals surface area (Å²) >= 11 is 0. The zero-order valence-corrected chi connectivity index (χ0v) is 12.8. The lowest BCUT2D eigenvalue weighted by Crippen LogP contribution is -2.45. The predicted octanol–water partition coefficient (Wildman–Crippen LogP) is 2.41. The molecular formula is C15H24N2O3. The van der Waals surface area contributed by atoms with Gasteiger partial charge in [0.25, 0.3) is 0 Å². The van der Waals surface area contributed by atoms with Crippen molar-refractivity contribution < 1.29 is 14.3 Å². The molecule has 0 saturated heterocycles. The summed E-state index contributed by atoms with van der Waals surface area (Å²) in [4.78, 5) is 12.1. The van der Waals surface area contributed by atoms with Gasteiger partial charge in [-0.1, -0.05) is 20.8 Å². The van der Waals surface area contributed by atoms with E-state index in [4.69, 9.17) is 15.2 Å². The predicted molar refractivity (Wildman–Crippen MR) is 80.2 cm³/mol. The van der Waals surface area contributed by atoms with E-state index < -0.39 is 6.04 Å². The minimum Gasteiger partial charge on any atom is -0.493 e. The molecule has 112 valence electrons. The van der Waals surface area contributed by atoms with Crippen LogP contribution in [-0.4, -0.2) is 25.7 Å². The van der Waals surface area contributed by atoms with Gasteiger partial charge in [-0.3, -0.25) is 4.79 Å². The molecule has 0 aliphatic rings. The topological polar surface area (TPSA) is 73.6 Å². The average molecular weight is 280 g/mol. The van der Waals surface area contributed by atoms with Crippen LogP contribution in [0, 0.1) is 5.41 Å². The van der Waals surface area contributed by atoms with E-state index in [1.54, 1.807) is 25.3 Å². The molecule has 0 radical (unpaired) electrons. The van der Waals surface area contributed by atoms with Gasteiger partial charge in [-0.25, -0.2) is 0 Å².